The van der Waals surface area contributed by atoms with E-state index in [1.54, 1.807) is 0 Å². The highest BCUT2D eigenvalue weighted by molar-refractivity contribution is 6.35. The molecule has 0 aromatic heterocycles. The first kappa shape index (κ1) is 23.5. The van der Waals surface area contributed by atoms with E-state index < -0.39 is 0 Å². The van der Waals surface area contributed by atoms with Gasteiger partial charge in [-0.3, -0.25) is 0 Å². The van der Waals surface area contributed by atoms with Crippen molar-refractivity contribution in [3.63, 3.8) is 0 Å². The van der Waals surface area contributed by atoms with Gasteiger partial charge in [-0.2, -0.15) is 0 Å². The van der Waals surface area contributed by atoms with Gasteiger partial charge in [0.25, 0.3) is 0 Å². The smallest absolute Gasteiger partial charge is 0.161 e. The molecular weight excluding hydrogens is 429 g/mol. The molecule has 0 aliphatic rings. The summed E-state index contributed by atoms with van der Waals surface area (Å²) < 4.78 is 11.8. The maximum Gasteiger partial charge on any atom is 0.161 e. The molecule has 164 valence electrons. The third kappa shape index (κ3) is 7.17. The molecule has 3 aromatic carbocycles. The summed E-state index contributed by atoms with van der Waals surface area (Å²) in [5.74, 6) is 1.40. The highest BCUT2D eigenvalue weighted by atomic mass is 35.5. The lowest BCUT2D eigenvalue weighted by Gasteiger charge is -2.17. The molecule has 3 aromatic rings. The van der Waals surface area contributed by atoms with E-state index in [0.717, 1.165) is 36.3 Å². The van der Waals surface area contributed by atoms with Crippen LogP contribution in [0.25, 0.3) is 0 Å². The Morgan fingerprint density at radius 1 is 0.839 bits per heavy atom. The van der Waals surface area contributed by atoms with Crippen LogP contribution in [0.2, 0.25) is 10.0 Å². The number of halogens is 2. The Kier molecular flexibility index (Phi) is 9.08. The molecule has 0 amide bonds. The fourth-order valence-electron chi connectivity index (χ4n) is 3.29. The maximum absolute atomic E-state index is 6.25. The van der Waals surface area contributed by atoms with Crippen LogP contribution >= 0.6 is 23.2 Å². The molecule has 0 fully saturated rings. The van der Waals surface area contributed by atoms with E-state index in [1.165, 1.54) is 5.56 Å². The minimum Gasteiger partial charge on any atom is -0.490 e. The van der Waals surface area contributed by atoms with Crippen molar-refractivity contribution in [2.75, 3.05) is 6.61 Å². The Morgan fingerprint density at radius 3 is 2.29 bits per heavy atom. The zero-order chi connectivity index (χ0) is 22.1. The molecule has 3 nitrogen and oxygen atoms in total. The van der Waals surface area contributed by atoms with Crippen LogP contribution in [0.15, 0.2) is 66.7 Å². The third-order valence-electron chi connectivity index (χ3n) is 5.11. The summed E-state index contributed by atoms with van der Waals surface area (Å²) >= 11 is 12.5. The van der Waals surface area contributed by atoms with E-state index in [1.807, 2.05) is 37.3 Å². The second-order valence-electron chi connectivity index (χ2n) is 7.51. The van der Waals surface area contributed by atoms with Gasteiger partial charge in [0.15, 0.2) is 11.5 Å². The van der Waals surface area contributed by atoms with E-state index >= 15 is 0 Å². The quantitative estimate of drug-likeness (QED) is 0.333. The lowest BCUT2D eigenvalue weighted by Crippen LogP contribution is -2.26. The topological polar surface area (TPSA) is 30.5 Å². The predicted octanol–water partition coefficient (Wildman–Crippen LogP) is 7.08. The molecule has 1 atom stereocenters. The van der Waals surface area contributed by atoms with Crippen LogP contribution in [-0.4, -0.2) is 12.6 Å². The zero-order valence-corrected chi connectivity index (χ0v) is 19.5. The average Bonchev–Trinajstić information content (AvgIpc) is 2.78. The maximum atomic E-state index is 6.25. The first-order chi connectivity index (χ1) is 15.1. The van der Waals surface area contributed by atoms with Crippen LogP contribution in [0, 0.1) is 0 Å². The second-order valence-corrected chi connectivity index (χ2v) is 8.32. The second kappa shape index (κ2) is 12.0. The molecule has 0 aliphatic carbocycles. The zero-order valence-electron chi connectivity index (χ0n) is 18.0. The molecule has 0 heterocycles. The molecule has 3 rings (SSSR count). The minimum atomic E-state index is 0.284. The van der Waals surface area contributed by atoms with Crippen molar-refractivity contribution in [2.24, 2.45) is 0 Å². The van der Waals surface area contributed by atoms with Gasteiger partial charge < -0.3 is 14.8 Å². The van der Waals surface area contributed by atoms with Gasteiger partial charge in [0.2, 0.25) is 0 Å². The molecule has 5 heteroatoms. The van der Waals surface area contributed by atoms with Crippen molar-refractivity contribution in [1.29, 1.82) is 0 Å². The number of hydrogen-bond acceptors (Lipinski definition) is 3. The molecule has 31 heavy (non-hydrogen) atoms. The number of aryl methyl sites for hydroxylation is 1. The Balaban J connectivity index is 1.57. The van der Waals surface area contributed by atoms with E-state index in [0.29, 0.717) is 28.4 Å². The normalized spacial score (nSPS) is 11.9. The number of ether oxygens (including phenoxy) is 2. The average molecular weight is 458 g/mol. The van der Waals surface area contributed by atoms with Crippen molar-refractivity contribution in [1.82, 2.24) is 5.32 Å². The predicted molar refractivity (Wildman–Crippen MR) is 129 cm³/mol. The van der Waals surface area contributed by atoms with Crippen LogP contribution in [-0.2, 0) is 19.6 Å². The summed E-state index contributed by atoms with van der Waals surface area (Å²) in [5, 5.41) is 4.79. The molecule has 0 saturated heterocycles. The minimum absolute atomic E-state index is 0.284. The fraction of sp³-hybridized carbons (Fsp3) is 0.308. The van der Waals surface area contributed by atoms with E-state index in [4.69, 9.17) is 32.7 Å². The molecule has 0 unspecified atom stereocenters. The monoisotopic (exact) mass is 457 g/mol. The van der Waals surface area contributed by atoms with Gasteiger partial charge in [-0.25, -0.2) is 0 Å². The van der Waals surface area contributed by atoms with Gasteiger partial charge in [-0.05, 0) is 62.1 Å². The van der Waals surface area contributed by atoms with Crippen LogP contribution < -0.4 is 14.8 Å². The fourth-order valence-corrected chi connectivity index (χ4v) is 3.80. The van der Waals surface area contributed by atoms with E-state index in [2.05, 4.69) is 48.6 Å². The Labute approximate surface area is 195 Å². The summed E-state index contributed by atoms with van der Waals surface area (Å²) in [6.07, 6.45) is 2.15. The summed E-state index contributed by atoms with van der Waals surface area (Å²) in [5.41, 5.74) is 3.29. The van der Waals surface area contributed by atoms with Gasteiger partial charge in [0.1, 0.15) is 6.61 Å². The molecular formula is C26H29Cl2NO2. The highest BCUT2D eigenvalue weighted by Crippen LogP contribution is 2.31. The molecule has 0 saturated carbocycles. The van der Waals surface area contributed by atoms with Gasteiger partial charge >= 0.3 is 0 Å². The molecule has 0 aliphatic heterocycles. The van der Waals surface area contributed by atoms with Crippen molar-refractivity contribution < 1.29 is 9.47 Å². The summed E-state index contributed by atoms with van der Waals surface area (Å²) in [4.78, 5) is 0. The van der Waals surface area contributed by atoms with Crippen molar-refractivity contribution in [3.05, 3.63) is 93.5 Å². The van der Waals surface area contributed by atoms with Crippen molar-refractivity contribution in [2.45, 2.75) is 45.9 Å². The van der Waals surface area contributed by atoms with Gasteiger partial charge in [-0.15, -0.1) is 0 Å². The molecule has 1 N–H and O–H groups in total. The lowest BCUT2D eigenvalue weighted by molar-refractivity contribution is 0.269. The summed E-state index contributed by atoms with van der Waals surface area (Å²) in [6.45, 7) is 5.80. The standard InChI is InChI=1S/C26H29Cl2NO2/c1-3-30-26-16-21(17-29-19(2)12-13-20-8-5-4-6-9-20)14-15-25(26)31-18-22-23(27)10-7-11-24(22)28/h4-11,14-16,19,29H,3,12-13,17-18H2,1-2H3/t19-/m0/s1. The van der Waals surface area contributed by atoms with Crippen LogP contribution in [0.5, 0.6) is 11.5 Å². The largest absolute Gasteiger partial charge is 0.490 e. The van der Waals surface area contributed by atoms with E-state index in [-0.39, 0.29) is 6.61 Å². The highest BCUT2D eigenvalue weighted by Gasteiger charge is 2.11. The molecule has 0 radical (unpaired) electrons. The van der Waals surface area contributed by atoms with Crippen LogP contribution in [0.3, 0.4) is 0 Å². The summed E-state index contributed by atoms with van der Waals surface area (Å²) in [7, 11) is 0. The van der Waals surface area contributed by atoms with Crippen LogP contribution in [0.1, 0.15) is 37.0 Å². The van der Waals surface area contributed by atoms with E-state index in [9.17, 15) is 0 Å². The van der Waals surface area contributed by atoms with Crippen molar-refractivity contribution >= 4 is 23.2 Å². The molecule has 0 bridgehead atoms. The molecule has 0 spiro atoms. The number of nitrogens with one attached hydrogen (secondary N) is 1. The van der Waals surface area contributed by atoms with Gasteiger partial charge in [0.05, 0.1) is 6.61 Å². The third-order valence-corrected chi connectivity index (χ3v) is 5.81. The van der Waals surface area contributed by atoms with Gasteiger partial charge in [-0.1, -0.05) is 65.7 Å². The Hall–Kier alpha value is -2.20. The number of hydrogen-bond donors (Lipinski definition) is 1. The van der Waals surface area contributed by atoms with Crippen molar-refractivity contribution in [3.8, 4) is 11.5 Å². The Morgan fingerprint density at radius 2 is 1.58 bits per heavy atom. The summed E-state index contributed by atoms with van der Waals surface area (Å²) in [6, 6.07) is 22.5. The Bertz CT molecular complexity index is 943. The number of benzene rings is 3. The number of rotatable bonds is 11. The van der Waals surface area contributed by atoms with Gasteiger partial charge in [0, 0.05) is 28.2 Å². The lowest BCUT2D eigenvalue weighted by atomic mass is 10.1. The first-order valence-corrected chi connectivity index (χ1v) is 11.4. The van der Waals surface area contributed by atoms with Crippen LogP contribution in [0.4, 0.5) is 0 Å². The first-order valence-electron chi connectivity index (χ1n) is 10.7. The SMILES string of the molecule is CCOc1cc(CN[C@@H](C)CCc2ccccc2)ccc1OCc1c(Cl)cccc1Cl.